The van der Waals surface area contributed by atoms with Crippen LogP contribution in [0, 0.1) is 13.8 Å². The van der Waals surface area contributed by atoms with Crippen molar-refractivity contribution in [3.63, 3.8) is 0 Å². The highest BCUT2D eigenvalue weighted by Crippen LogP contribution is 2.54. The monoisotopic (exact) mass is 573 g/mol. The number of benzene rings is 4. The van der Waals surface area contributed by atoms with Gasteiger partial charge in [-0.25, -0.2) is 0 Å². The molecule has 0 saturated heterocycles. The number of unbranched alkanes of at least 4 members (excludes halogenated alkanes) is 2. The maximum atomic E-state index is 3.35. The zero-order chi connectivity index (χ0) is 30.4. The first-order chi connectivity index (χ1) is 20.9. The van der Waals surface area contributed by atoms with Gasteiger partial charge < -0.3 is 16.0 Å². The molecule has 3 nitrogen and oxygen atoms in total. The van der Waals surface area contributed by atoms with E-state index in [1.54, 1.807) is 11.1 Å². The summed E-state index contributed by atoms with van der Waals surface area (Å²) < 4.78 is 0. The second kappa shape index (κ2) is 13.7. The van der Waals surface area contributed by atoms with E-state index < -0.39 is 0 Å². The largest absolute Gasteiger partial charge is 0.388 e. The van der Waals surface area contributed by atoms with E-state index in [2.05, 4.69) is 110 Å². The quantitative estimate of drug-likeness (QED) is 0.131. The van der Waals surface area contributed by atoms with Crippen LogP contribution in [0.2, 0.25) is 0 Å². The maximum Gasteiger partial charge on any atom is 0.0576 e. The lowest BCUT2D eigenvalue weighted by molar-refractivity contribution is 0.407. The van der Waals surface area contributed by atoms with E-state index in [1.807, 2.05) is 21.1 Å². The zero-order valence-electron chi connectivity index (χ0n) is 27.3. The molecule has 0 unspecified atom stereocenters. The SMILES string of the molecule is CCc1cc(CCCCC2(CCCCc3ccc(NC)c(NC)c3)c3cc(C)ccc3-c3ccc(C)cc32)ccc1NC. The Hall–Kier alpha value is -3.72. The smallest absolute Gasteiger partial charge is 0.0576 e. The molecule has 1 aliphatic carbocycles. The van der Waals surface area contributed by atoms with Crippen LogP contribution < -0.4 is 16.0 Å². The van der Waals surface area contributed by atoms with Crippen LogP contribution in [-0.4, -0.2) is 21.1 Å². The van der Waals surface area contributed by atoms with E-state index >= 15 is 0 Å². The predicted molar refractivity (Wildman–Crippen MR) is 188 cm³/mol. The Kier molecular flexibility index (Phi) is 9.80. The van der Waals surface area contributed by atoms with Crippen LogP contribution in [0.3, 0.4) is 0 Å². The Morgan fingerprint density at radius 3 is 1.56 bits per heavy atom. The van der Waals surface area contributed by atoms with Gasteiger partial charge in [-0.15, -0.1) is 0 Å². The maximum absolute atomic E-state index is 3.35. The number of anilines is 3. The van der Waals surface area contributed by atoms with Crippen molar-refractivity contribution < 1.29 is 0 Å². The molecule has 226 valence electrons. The molecule has 3 N–H and O–H groups in total. The molecule has 0 fully saturated rings. The van der Waals surface area contributed by atoms with Gasteiger partial charge in [0.25, 0.3) is 0 Å². The summed E-state index contributed by atoms with van der Waals surface area (Å²) in [5.74, 6) is 0. The Morgan fingerprint density at radius 1 is 0.535 bits per heavy atom. The van der Waals surface area contributed by atoms with Crippen molar-refractivity contribution in [1.82, 2.24) is 0 Å². The first-order valence-corrected chi connectivity index (χ1v) is 16.4. The number of nitrogens with one attached hydrogen (secondary N) is 3. The van der Waals surface area contributed by atoms with Gasteiger partial charge in [-0.1, -0.05) is 85.5 Å². The number of hydrogen-bond acceptors (Lipinski definition) is 3. The summed E-state index contributed by atoms with van der Waals surface area (Å²) in [6.45, 7) is 6.76. The minimum atomic E-state index is 0.0827. The highest BCUT2D eigenvalue weighted by molar-refractivity contribution is 5.81. The van der Waals surface area contributed by atoms with Crippen LogP contribution in [0.15, 0.2) is 72.8 Å². The number of rotatable bonds is 14. The van der Waals surface area contributed by atoms with Crippen LogP contribution in [0.5, 0.6) is 0 Å². The predicted octanol–water partition coefficient (Wildman–Crippen LogP) is 10.1. The standard InChI is InChI=1S/C40H51N3/c1-7-32-26-30(16-20-37(32)41-4)12-8-10-22-40(23-11-9-13-31-17-21-38(42-5)39(27-31)43-6)35-24-28(2)14-18-33(35)34-19-15-29(3)25-36(34)40/h14-21,24-27,41-43H,7-13,22-23H2,1-6H3. The van der Waals surface area contributed by atoms with Crippen molar-refractivity contribution in [2.24, 2.45) is 0 Å². The van der Waals surface area contributed by atoms with Gasteiger partial charge in [-0.3, -0.25) is 0 Å². The van der Waals surface area contributed by atoms with Crippen molar-refractivity contribution in [2.45, 2.75) is 84.0 Å². The fraction of sp³-hybridized carbons (Fsp3) is 0.400. The van der Waals surface area contributed by atoms with Crippen molar-refractivity contribution in [3.05, 3.63) is 112 Å². The molecular formula is C40H51N3. The van der Waals surface area contributed by atoms with Gasteiger partial charge in [0.1, 0.15) is 0 Å². The van der Waals surface area contributed by atoms with Crippen molar-refractivity contribution in [2.75, 3.05) is 37.1 Å². The minimum absolute atomic E-state index is 0.0827. The van der Waals surface area contributed by atoms with Crippen molar-refractivity contribution in [3.8, 4) is 11.1 Å². The summed E-state index contributed by atoms with van der Waals surface area (Å²) in [5, 5.41) is 9.99. The van der Waals surface area contributed by atoms with Crippen molar-refractivity contribution >= 4 is 17.1 Å². The molecular weight excluding hydrogens is 522 g/mol. The van der Waals surface area contributed by atoms with Crippen LogP contribution in [0.4, 0.5) is 17.1 Å². The fourth-order valence-electron chi connectivity index (χ4n) is 7.41. The van der Waals surface area contributed by atoms with Gasteiger partial charge >= 0.3 is 0 Å². The third-order valence-corrected chi connectivity index (χ3v) is 9.75. The fourth-order valence-corrected chi connectivity index (χ4v) is 7.41. The highest BCUT2D eigenvalue weighted by atomic mass is 14.9. The summed E-state index contributed by atoms with van der Waals surface area (Å²) in [6, 6.07) is 28.2. The topological polar surface area (TPSA) is 36.1 Å². The lowest BCUT2D eigenvalue weighted by Gasteiger charge is -2.33. The summed E-state index contributed by atoms with van der Waals surface area (Å²) in [6.07, 6.45) is 10.6. The van der Waals surface area contributed by atoms with E-state index in [4.69, 9.17) is 0 Å². The van der Waals surface area contributed by atoms with Crippen LogP contribution >= 0.6 is 0 Å². The lowest BCUT2D eigenvalue weighted by Crippen LogP contribution is -2.26. The zero-order valence-corrected chi connectivity index (χ0v) is 27.3. The lowest BCUT2D eigenvalue weighted by atomic mass is 9.70. The van der Waals surface area contributed by atoms with Crippen LogP contribution in [0.25, 0.3) is 11.1 Å². The van der Waals surface area contributed by atoms with Gasteiger partial charge in [-0.2, -0.15) is 0 Å². The number of hydrogen-bond donors (Lipinski definition) is 3. The van der Waals surface area contributed by atoms with E-state index in [1.165, 1.54) is 88.8 Å². The Morgan fingerprint density at radius 2 is 1.05 bits per heavy atom. The minimum Gasteiger partial charge on any atom is -0.388 e. The molecule has 3 heteroatoms. The van der Waals surface area contributed by atoms with E-state index in [9.17, 15) is 0 Å². The Bertz CT molecular complexity index is 1430. The molecule has 4 aromatic rings. The average Bonchev–Trinajstić information content (AvgIpc) is 3.28. The number of fused-ring (bicyclic) bond motifs is 3. The Labute approximate surface area is 260 Å². The molecule has 4 aromatic carbocycles. The van der Waals surface area contributed by atoms with Gasteiger partial charge in [0, 0.05) is 32.2 Å². The number of aryl methyl sites for hydroxylation is 5. The molecule has 0 aliphatic heterocycles. The van der Waals surface area contributed by atoms with Gasteiger partial charge in [0.15, 0.2) is 0 Å². The summed E-state index contributed by atoms with van der Waals surface area (Å²) >= 11 is 0. The van der Waals surface area contributed by atoms with E-state index in [0.717, 1.165) is 24.9 Å². The average molecular weight is 574 g/mol. The molecule has 0 spiro atoms. The summed E-state index contributed by atoms with van der Waals surface area (Å²) in [5.41, 5.74) is 16.7. The normalized spacial score (nSPS) is 13.0. The molecule has 0 atom stereocenters. The van der Waals surface area contributed by atoms with Gasteiger partial charge in [-0.05, 0) is 116 Å². The second-order valence-corrected chi connectivity index (χ2v) is 12.6. The molecule has 0 saturated carbocycles. The molecule has 5 rings (SSSR count). The molecule has 0 amide bonds. The molecule has 0 bridgehead atoms. The molecule has 0 aromatic heterocycles. The first-order valence-electron chi connectivity index (χ1n) is 16.4. The molecule has 0 heterocycles. The summed E-state index contributed by atoms with van der Waals surface area (Å²) in [7, 11) is 6.01. The van der Waals surface area contributed by atoms with Gasteiger partial charge in [0.2, 0.25) is 0 Å². The third kappa shape index (κ3) is 6.47. The van der Waals surface area contributed by atoms with Crippen LogP contribution in [-0.2, 0) is 24.7 Å². The molecule has 1 aliphatic rings. The summed E-state index contributed by atoms with van der Waals surface area (Å²) in [4.78, 5) is 0. The van der Waals surface area contributed by atoms with Gasteiger partial charge in [0.05, 0.1) is 11.4 Å². The van der Waals surface area contributed by atoms with E-state index in [-0.39, 0.29) is 5.41 Å². The van der Waals surface area contributed by atoms with Crippen LogP contribution in [0.1, 0.15) is 84.4 Å². The molecule has 43 heavy (non-hydrogen) atoms. The first kappa shape index (κ1) is 30.7. The third-order valence-electron chi connectivity index (χ3n) is 9.75. The highest BCUT2D eigenvalue weighted by Gasteiger charge is 2.42. The van der Waals surface area contributed by atoms with Crippen molar-refractivity contribution in [1.29, 1.82) is 0 Å². The molecule has 0 radical (unpaired) electrons. The Balaban J connectivity index is 1.37. The van der Waals surface area contributed by atoms with E-state index in [0.29, 0.717) is 0 Å². The second-order valence-electron chi connectivity index (χ2n) is 12.6.